The maximum atomic E-state index is 2.26. The first kappa shape index (κ1) is 8.71. The molecule has 0 N–H and O–H groups in total. The molecule has 0 nitrogen and oxygen atoms in total. The molecule has 0 heterocycles. The third-order valence-electron chi connectivity index (χ3n) is 4.17. The van der Waals surface area contributed by atoms with Crippen LogP contribution in [0.5, 0.6) is 0 Å². The third-order valence-corrected chi connectivity index (χ3v) is 4.17. The zero-order chi connectivity index (χ0) is 11.7. The van der Waals surface area contributed by atoms with Crippen LogP contribution in [0.15, 0.2) is 60.7 Å². The van der Waals surface area contributed by atoms with Gasteiger partial charge in [0.25, 0.3) is 0 Å². The van der Waals surface area contributed by atoms with Gasteiger partial charge in [-0.3, -0.25) is 0 Å². The molecule has 5 aromatic carbocycles. The summed E-state index contributed by atoms with van der Waals surface area (Å²) in [7, 11) is 0. The van der Waals surface area contributed by atoms with Gasteiger partial charge in [-0.2, -0.15) is 0 Å². The van der Waals surface area contributed by atoms with Crippen LogP contribution in [0.25, 0.3) is 43.1 Å². The summed E-state index contributed by atoms with van der Waals surface area (Å²) in [6.45, 7) is 0. The van der Waals surface area contributed by atoms with E-state index in [9.17, 15) is 0 Å². The first-order valence-electron chi connectivity index (χ1n) is 6.31. The first-order valence-corrected chi connectivity index (χ1v) is 6.31. The van der Waals surface area contributed by atoms with E-state index in [1.54, 1.807) is 0 Å². The van der Waals surface area contributed by atoms with Gasteiger partial charge < -0.3 is 0 Å². The van der Waals surface area contributed by atoms with Crippen LogP contribution in [0, 0.1) is 0 Å². The molecular weight excluding hydrogens is 216 g/mol. The molecule has 0 saturated heterocycles. The lowest BCUT2D eigenvalue weighted by Crippen LogP contribution is -1.77. The summed E-state index contributed by atoms with van der Waals surface area (Å²) >= 11 is 0. The van der Waals surface area contributed by atoms with Gasteiger partial charge in [0.15, 0.2) is 0 Å². The molecule has 0 radical (unpaired) electrons. The normalized spacial score (nSPS) is 12.4. The lowest BCUT2D eigenvalue weighted by molar-refractivity contribution is 1.90. The average Bonchev–Trinajstić information content (AvgIpc) is 3.01. The largest absolute Gasteiger partial charge is 0.0610 e. The Kier molecular flexibility index (Phi) is 1.32. The van der Waals surface area contributed by atoms with E-state index in [1.807, 2.05) is 0 Å². The minimum absolute atomic E-state index is 1.35. The molecule has 0 aliphatic carbocycles. The van der Waals surface area contributed by atoms with E-state index in [0.29, 0.717) is 0 Å². The van der Waals surface area contributed by atoms with Gasteiger partial charge in [0, 0.05) is 0 Å². The van der Waals surface area contributed by atoms with Crippen LogP contribution in [-0.2, 0) is 0 Å². The first-order chi connectivity index (χ1) is 8.93. The van der Waals surface area contributed by atoms with E-state index in [0.717, 1.165) is 0 Å². The summed E-state index contributed by atoms with van der Waals surface area (Å²) < 4.78 is 0. The van der Waals surface area contributed by atoms with Gasteiger partial charge >= 0.3 is 0 Å². The Morgan fingerprint density at radius 2 is 0.833 bits per heavy atom. The summed E-state index contributed by atoms with van der Waals surface area (Å²) in [4.78, 5) is 0. The molecule has 0 aliphatic heterocycles. The maximum absolute atomic E-state index is 2.26. The highest BCUT2D eigenvalue weighted by Crippen LogP contribution is 2.41. The molecule has 0 aromatic heterocycles. The van der Waals surface area contributed by atoms with Gasteiger partial charge in [0.1, 0.15) is 0 Å². The smallest absolute Gasteiger partial charge is 0.00264 e. The van der Waals surface area contributed by atoms with E-state index >= 15 is 0 Å². The van der Waals surface area contributed by atoms with Crippen molar-refractivity contribution in [2.45, 2.75) is 0 Å². The van der Waals surface area contributed by atoms with Crippen molar-refractivity contribution in [2.75, 3.05) is 0 Å². The number of hydrogen-bond acceptors (Lipinski definition) is 0. The van der Waals surface area contributed by atoms with E-state index < -0.39 is 0 Å². The third kappa shape index (κ3) is 0.820. The fourth-order valence-corrected chi connectivity index (χ4v) is 3.43. The molecule has 0 fully saturated rings. The van der Waals surface area contributed by atoms with Crippen molar-refractivity contribution >= 4 is 43.1 Å². The van der Waals surface area contributed by atoms with Crippen molar-refractivity contribution in [3.63, 3.8) is 0 Å². The highest BCUT2D eigenvalue weighted by molar-refractivity contribution is 6.34. The van der Waals surface area contributed by atoms with Crippen molar-refractivity contribution < 1.29 is 0 Å². The molecule has 0 heteroatoms. The molecular formula is C18H10. The fourth-order valence-electron chi connectivity index (χ4n) is 3.43. The topological polar surface area (TPSA) is 0 Å². The predicted molar refractivity (Wildman–Crippen MR) is 78.8 cm³/mol. The van der Waals surface area contributed by atoms with Crippen LogP contribution in [0.1, 0.15) is 0 Å². The van der Waals surface area contributed by atoms with Gasteiger partial charge in [0.05, 0.1) is 0 Å². The second-order valence-corrected chi connectivity index (χ2v) is 5.03. The zero-order valence-corrected chi connectivity index (χ0v) is 9.77. The van der Waals surface area contributed by atoms with Crippen LogP contribution in [0.2, 0.25) is 0 Å². The van der Waals surface area contributed by atoms with Crippen LogP contribution in [0.4, 0.5) is 0 Å². The molecule has 0 saturated carbocycles. The SMILES string of the molecule is c1cc2ccc3c4cccc5ccc(c(c1)c23)c54. The summed E-state index contributed by atoms with van der Waals surface area (Å²) in [5, 5.41) is 11.1. The highest BCUT2D eigenvalue weighted by Gasteiger charge is 2.13. The Morgan fingerprint density at radius 3 is 1.33 bits per heavy atom. The van der Waals surface area contributed by atoms with Gasteiger partial charge in [-0.15, -0.1) is 0 Å². The number of rotatable bonds is 0. The highest BCUT2D eigenvalue weighted by atomic mass is 14.2. The van der Waals surface area contributed by atoms with Crippen molar-refractivity contribution in [2.24, 2.45) is 0 Å². The predicted octanol–water partition coefficient (Wildman–Crippen LogP) is 5.18. The van der Waals surface area contributed by atoms with Crippen molar-refractivity contribution in [1.29, 1.82) is 0 Å². The number of benzene rings is 3. The Balaban J connectivity index is 2.35. The molecule has 0 amide bonds. The van der Waals surface area contributed by atoms with E-state index in [-0.39, 0.29) is 0 Å². The second kappa shape index (κ2) is 2.73. The fraction of sp³-hybridized carbons (Fsp3) is 0. The monoisotopic (exact) mass is 226 g/mol. The Labute approximate surface area is 104 Å². The maximum Gasteiger partial charge on any atom is -0.00264 e. The molecule has 0 aliphatic rings. The van der Waals surface area contributed by atoms with Gasteiger partial charge in [-0.1, -0.05) is 60.7 Å². The van der Waals surface area contributed by atoms with Crippen molar-refractivity contribution in [3.05, 3.63) is 60.7 Å². The minimum Gasteiger partial charge on any atom is -0.0610 e. The Hall–Kier alpha value is -2.34. The Morgan fingerprint density at radius 1 is 0.389 bits per heavy atom. The summed E-state index contributed by atoms with van der Waals surface area (Å²) in [6, 6.07) is 22.2. The van der Waals surface area contributed by atoms with E-state index in [1.165, 1.54) is 43.1 Å². The summed E-state index contributed by atoms with van der Waals surface area (Å²) in [6.07, 6.45) is 0. The molecule has 5 rings (SSSR count). The molecule has 0 spiro atoms. The summed E-state index contributed by atoms with van der Waals surface area (Å²) in [5.74, 6) is 0. The molecule has 0 atom stereocenters. The van der Waals surface area contributed by atoms with Crippen LogP contribution in [0.3, 0.4) is 0 Å². The average molecular weight is 226 g/mol. The zero-order valence-electron chi connectivity index (χ0n) is 9.77. The minimum atomic E-state index is 1.35. The van der Waals surface area contributed by atoms with Crippen LogP contribution < -0.4 is 0 Å². The molecule has 0 bridgehead atoms. The van der Waals surface area contributed by atoms with Crippen LogP contribution in [-0.4, -0.2) is 0 Å². The van der Waals surface area contributed by atoms with Crippen molar-refractivity contribution in [1.82, 2.24) is 0 Å². The molecule has 5 aromatic rings. The van der Waals surface area contributed by atoms with E-state index in [4.69, 9.17) is 0 Å². The standard InChI is InChI=1S/C18H10/c1-3-11-7-9-16-14-6-2-4-12-8-10-15(18(12)14)13(5-1)17(11)16/h1-10H. The molecule has 18 heavy (non-hydrogen) atoms. The van der Waals surface area contributed by atoms with Gasteiger partial charge in [-0.05, 0) is 43.1 Å². The number of fused-ring (bicyclic) bond motifs is 2. The van der Waals surface area contributed by atoms with Crippen molar-refractivity contribution in [3.8, 4) is 0 Å². The van der Waals surface area contributed by atoms with Crippen LogP contribution >= 0.6 is 0 Å². The summed E-state index contributed by atoms with van der Waals surface area (Å²) in [5.41, 5.74) is 0. The lowest BCUT2D eigenvalue weighted by Gasteiger charge is -2.06. The molecule has 0 unspecified atom stereocenters. The van der Waals surface area contributed by atoms with Gasteiger partial charge in [-0.25, -0.2) is 0 Å². The Bertz CT molecular complexity index is 923. The second-order valence-electron chi connectivity index (χ2n) is 5.03. The molecule has 82 valence electrons. The van der Waals surface area contributed by atoms with E-state index in [2.05, 4.69) is 60.7 Å². The number of hydrogen-bond donors (Lipinski definition) is 0. The quantitative estimate of drug-likeness (QED) is 0.319. The lowest BCUT2D eigenvalue weighted by atomic mass is 9.97. The van der Waals surface area contributed by atoms with Gasteiger partial charge in [0.2, 0.25) is 0 Å².